The summed E-state index contributed by atoms with van der Waals surface area (Å²) in [5.74, 6) is -37.3. The summed E-state index contributed by atoms with van der Waals surface area (Å²) in [5, 5.41) is 0. The zero-order chi connectivity index (χ0) is 27.3. The molecule has 0 heterocycles. The van der Waals surface area contributed by atoms with E-state index in [9.17, 15) is 79.0 Å². The minimum Gasteiger partial charge on any atom is -0.245 e. The van der Waals surface area contributed by atoms with Crippen LogP contribution in [0, 0.1) is 0 Å². The van der Waals surface area contributed by atoms with E-state index in [1.807, 2.05) is 13.2 Å². The third-order valence-electron chi connectivity index (χ3n) is 3.32. The Morgan fingerprint density at radius 1 is 0.364 bits per heavy atom. The molecule has 0 N–H and O–H groups in total. The van der Waals surface area contributed by atoms with Gasteiger partial charge in [0.1, 0.15) is 0 Å². The van der Waals surface area contributed by atoms with Gasteiger partial charge in [0.15, 0.2) is 0 Å². The lowest BCUT2D eigenvalue weighted by Crippen LogP contribution is -2.70. The first-order valence-electron chi connectivity index (χ1n) is 7.11. The predicted molar refractivity (Wildman–Crippen MR) is 67.1 cm³/mol. The second kappa shape index (κ2) is 8.12. The molecule has 33 heavy (non-hydrogen) atoms. The average Bonchev–Trinajstić information content (AvgIpc) is 2.58. The molecule has 0 rings (SSSR count). The minimum atomic E-state index is -8.48. The van der Waals surface area contributed by atoms with Gasteiger partial charge in [0, 0.05) is 0 Å². The lowest BCUT2D eigenvalue weighted by Gasteiger charge is -2.40. The molecule has 0 spiro atoms. The Bertz CT molecular complexity index is 680. The standard InChI is InChI=1S/C13H6F18O2/c1-3-5(14,15)10(24,25)32-12(28,29)8(20,21)7(18,19)9(22,23)13(30,31)33-11(26,27)6(16,17)4-2/h3-4H,1-2H2. The van der Waals surface area contributed by atoms with E-state index >= 15 is 0 Å². The van der Waals surface area contributed by atoms with E-state index in [2.05, 4.69) is 0 Å². The molecular weight excluding hydrogens is 530 g/mol. The molecule has 196 valence electrons. The van der Waals surface area contributed by atoms with Crippen LogP contribution in [0.1, 0.15) is 0 Å². The van der Waals surface area contributed by atoms with Gasteiger partial charge in [0.25, 0.3) is 0 Å². The largest absolute Gasteiger partial charge is 0.430 e. The van der Waals surface area contributed by atoms with Gasteiger partial charge in [0.05, 0.1) is 0 Å². The molecule has 0 amide bonds. The molecule has 0 aromatic heterocycles. The molecular formula is C13H6F18O2. The van der Waals surface area contributed by atoms with Crippen molar-refractivity contribution in [2.75, 3.05) is 0 Å². The second-order valence-electron chi connectivity index (χ2n) is 5.65. The van der Waals surface area contributed by atoms with Gasteiger partial charge in [0.2, 0.25) is 0 Å². The first kappa shape index (κ1) is 31.1. The van der Waals surface area contributed by atoms with Crippen molar-refractivity contribution < 1.29 is 88.5 Å². The zero-order valence-corrected chi connectivity index (χ0v) is 14.7. The van der Waals surface area contributed by atoms with Crippen LogP contribution in [-0.4, -0.2) is 54.0 Å². The fourth-order valence-corrected chi connectivity index (χ4v) is 1.39. The Morgan fingerprint density at radius 2 is 0.576 bits per heavy atom. The van der Waals surface area contributed by atoms with E-state index in [1.54, 1.807) is 0 Å². The predicted octanol–water partition coefficient (Wildman–Crippen LogP) is 6.94. The van der Waals surface area contributed by atoms with Gasteiger partial charge in [-0.05, 0) is 12.2 Å². The lowest BCUT2D eigenvalue weighted by atomic mass is 10.0. The molecule has 2 nitrogen and oxygen atoms in total. The molecule has 20 heteroatoms. The van der Waals surface area contributed by atoms with E-state index in [-0.39, 0.29) is 0 Å². The van der Waals surface area contributed by atoms with Crippen molar-refractivity contribution in [1.29, 1.82) is 0 Å². The molecule has 0 unspecified atom stereocenters. The van der Waals surface area contributed by atoms with E-state index in [4.69, 9.17) is 0 Å². The number of halogens is 18. The van der Waals surface area contributed by atoms with Gasteiger partial charge in [-0.1, -0.05) is 13.2 Å². The van der Waals surface area contributed by atoms with Gasteiger partial charge in [-0.3, -0.25) is 0 Å². The molecule has 0 aliphatic carbocycles. The highest BCUT2D eigenvalue weighted by Crippen LogP contribution is 2.60. The molecule has 0 atom stereocenters. The first-order valence-corrected chi connectivity index (χ1v) is 7.11. The number of rotatable bonds is 12. The fourth-order valence-electron chi connectivity index (χ4n) is 1.39. The van der Waals surface area contributed by atoms with Crippen molar-refractivity contribution in [2.24, 2.45) is 0 Å². The van der Waals surface area contributed by atoms with Gasteiger partial charge >= 0.3 is 54.0 Å². The van der Waals surface area contributed by atoms with Crippen LogP contribution in [0.2, 0.25) is 0 Å². The van der Waals surface area contributed by atoms with Gasteiger partial charge in [-0.2, -0.15) is 79.0 Å². The summed E-state index contributed by atoms with van der Waals surface area (Å²) in [6.07, 6.45) is -32.1. The van der Waals surface area contributed by atoms with E-state index < -0.39 is 66.2 Å². The van der Waals surface area contributed by atoms with E-state index in [0.717, 1.165) is 0 Å². The fraction of sp³-hybridized carbons (Fsp3) is 0.692. The quantitative estimate of drug-likeness (QED) is 0.199. The molecule has 0 bridgehead atoms. The monoisotopic (exact) mass is 536 g/mol. The van der Waals surface area contributed by atoms with Crippen LogP contribution in [0.4, 0.5) is 79.0 Å². The zero-order valence-electron chi connectivity index (χ0n) is 14.7. The van der Waals surface area contributed by atoms with Crippen LogP contribution >= 0.6 is 0 Å². The van der Waals surface area contributed by atoms with Crippen molar-refractivity contribution in [3.8, 4) is 0 Å². The van der Waals surface area contributed by atoms with E-state index in [0.29, 0.717) is 0 Å². The normalized spacial score (nSPS) is 16.1. The van der Waals surface area contributed by atoms with Crippen molar-refractivity contribution in [2.45, 2.75) is 54.0 Å². The molecule has 0 aromatic rings. The summed E-state index contributed by atoms with van der Waals surface area (Å²) in [4.78, 5) is 0. The maximum atomic E-state index is 13.4. The first-order chi connectivity index (χ1) is 14.0. The number of ether oxygens (including phenoxy) is 2. The smallest absolute Gasteiger partial charge is 0.245 e. The third-order valence-corrected chi connectivity index (χ3v) is 3.32. The Balaban J connectivity index is 6.46. The molecule has 0 aliphatic heterocycles. The van der Waals surface area contributed by atoms with Crippen molar-refractivity contribution in [1.82, 2.24) is 0 Å². The Kier molecular flexibility index (Phi) is 7.66. The summed E-state index contributed by atoms with van der Waals surface area (Å²) in [5.41, 5.74) is 0. The summed E-state index contributed by atoms with van der Waals surface area (Å²) in [6, 6.07) is 0. The van der Waals surface area contributed by atoms with Crippen molar-refractivity contribution in [3.05, 3.63) is 25.3 Å². The van der Waals surface area contributed by atoms with Crippen LogP contribution in [-0.2, 0) is 9.47 Å². The summed E-state index contributed by atoms with van der Waals surface area (Å²) >= 11 is 0. The van der Waals surface area contributed by atoms with Gasteiger partial charge in [-0.25, -0.2) is 9.47 Å². The summed E-state index contributed by atoms with van der Waals surface area (Å²) in [6.45, 7) is 3.81. The number of alkyl halides is 18. The highest BCUT2D eigenvalue weighted by molar-refractivity contribution is 5.06. The topological polar surface area (TPSA) is 18.5 Å². The van der Waals surface area contributed by atoms with Crippen LogP contribution in [0.15, 0.2) is 25.3 Å². The van der Waals surface area contributed by atoms with Crippen LogP contribution in [0.5, 0.6) is 0 Å². The molecule has 0 saturated carbocycles. The summed E-state index contributed by atoms with van der Waals surface area (Å²) < 4.78 is 238. The maximum Gasteiger partial charge on any atom is 0.430 e. The van der Waals surface area contributed by atoms with E-state index in [1.165, 1.54) is 9.47 Å². The van der Waals surface area contributed by atoms with Crippen molar-refractivity contribution >= 4 is 0 Å². The van der Waals surface area contributed by atoms with Gasteiger partial charge < -0.3 is 0 Å². The molecule has 0 radical (unpaired) electrons. The van der Waals surface area contributed by atoms with Crippen LogP contribution < -0.4 is 0 Å². The maximum absolute atomic E-state index is 13.4. The molecule has 0 aromatic carbocycles. The highest BCUT2D eigenvalue weighted by atomic mass is 19.4. The minimum absolute atomic E-state index is 1.27. The average molecular weight is 536 g/mol. The van der Waals surface area contributed by atoms with Crippen molar-refractivity contribution in [3.63, 3.8) is 0 Å². The van der Waals surface area contributed by atoms with Crippen LogP contribution in [0.25, 0.3) is 0 Å². The second-order valence-corrected chi connectivity index (χ2v) is 5.65. The van der Waals surface area contributed by atoms with Gasteiger partial charge in [-0.15, -0.1) is 0 Å². The molecule has 0 fully saturated rings. The SMILES string of the molecule is C=CC(F)(F)C(F)(F)OC(F)(F)C(F)(F)C(F)(F)C(F)(F)C(F)(F)OC(F)(F)C(F)(F)C=C. The lowest BCUT2D eigenvalue weighted by molar-refractivity contribution is -0.523. The number of hydrogen-bond donors (Lipinski definition) is 0. The molecule has 0 saturated heterocycles. The third kappa shape index (κ3) is 4.85. The number of hydrogen-bond acceptors (Lipinski definition) is 2. The Morgan fingerprint density at radius 3 is 0.758 bits per heavy atom. The molecule has 0 aliphatic rings. The highest BCUT2D eigenvalue weighted by Gasteiger charge is 2.90. The summed E-state index contributed by atoms with van der Waals surface area (Å²) in [7, 11) is 0. The Hall–Kier alpha value is -1.86. The Labute approximate surface area is 169 Å². The van der Waals surface area contributed by atoms with Crippen LogP contribution in [0.3, 0.4) is 0 Å².